The molecule has 6 nitrogen and oxygen atoms in total. The first-order valence-corrected chi connectivity index (χ1v) is 8.49. The van der Waals surface area contributed by atoms with Crippen LogP contribution >= 0.6 is 0 Å². The molecule has 0 aliphatic rings. The number of carbonyl (C=O) groups excluding carboxylic acids is 1. The SMILES string of the molecule is Cc1cccc(Cn2cc(C(=O)c3cnccn3)c(=O)c3ccccc32)n1. The van der Waals surface area contributed by atoms with Crippen LogP contribution in [0.3, 0.4) is 0 Å². The van der Waals surface area contributed by atoms with E-state index in [9.17, 15) is 9.59 Å². The zero-order chi connectivity index (χ0) is 18.8. The number of fused-ring (bicyclic) bond motifs is 1. The minimum absolute atomic E-state index is 0.0712. The van der Waals surface area contributed by atoms with Crippen LogP contribution in [0.2, 0.25) is 0 Å². The zero-order valence-electron chi connectivity index (χ0n) is 14.7. The van der Waals surface area contributed by atoms with E-state index in [4.69, 9.17) is 0 Å². The molecule has 27 heavy (non-hydrogen) atoms. The van der Waals surface area contributed by atoms with Crippen molar-refractivity contribution in [3.05, 3.63) is 100 Å². The smallest absolute Gasteiger partial charge is 0.218 e. The molecule has 0 radical (unpaired) electrons. The number of rotatable bonds is 4. The molecular weight excluding hydrogens is 340 g/mol. The van der Waals surface area contributed by atoms with E-state index in [1.165, 1.54) is 18.6 Å². The van der Waals surface area contributed by atoms with Crippen LogP contribution in [0.25, 0.3) is 10.9 Å². The molecule has 0 aliphatic heterocycles. The summed E-state index contributed by atoms with van der Waals surface area (Å²) in [5.74, 6) is -0.440. The van der Waals surface area contributed by atoms with Crippen molar-refractivity contribution < 1.29 is 4.79 Å². The van der Waals surface area contributed by atoms with Crippen LogP contribution in [-0.4, -0.2) is 25.3 Å². The Labute approximate surface area is 155 Å². The second kappa shape index (κ2) is 6.92. The number of aromatic nitrogens is 4. The summed E-state index contributed by atoms with van der Waals surface area (Å²) in [5.41, 5.74) is 2.42. The quantitative estimate of drug-likeness (QED) is 0.526. The molecule has 0 atom stereocenters. The van der Waals surface area contributed by atoms with Crippen molar-refractivity contribution >= 4 is 16.7 Å². The monoisotopic (exact) mass is 356 g/mol. The van der Waals surface area contributed by atoms with Crippen molar-refractivity contribution in [2.75, 3.05) is 0 Å². The van der Waals surface area contributed by atoms with Gasteiger partial charge in [0.05, 0.1) is 29.5 Å². The van der Waals surface area contributed by atoms with Crippen LogP contribution < -0.4 is 5.43 Å². The van der Waals surface area contributed by atoms with Gasteiger partial charge in [0.15, 0.2) is 0 Å². The van der Waals surface area contributed by atoms with Gasteiger partial charge in [0, 0.05) is 29.7 Å². The van der Waals surface area contributed by atoms with Gasteiger partial charge >= 0.3 is 0 Å². The van der Waals surface area contributed by atoms with Gasteiger partial charge in [-0.3, -0.25) is 19.6 Å². The molecule has 0 bridgehead atoms. The third-order valence-corrected chi connectivity index (χ3v) is 4.31. The molecule has 0 amide bonds. The van der Waals surface area contributed by atoms with Gasteiger partial charge in [0.25, 0.3) is 0 Å². The molecule has 3 heterocycles. The molecule has 0 saturated heterocycles. The van der Waals surface area contributed by atoms with Crippen LogP contribution in [-0.2, 0) is 6.54 Å². The minimum Gasteiger partial charge on any atom is -0.340 e. The Balaban J connectivity index is 1.89. The predicted octanol–water partition coefficient (Wildman–Crippen LogP) is 2.77. The molecule has 4 rings (SSSR count). The highest BCUT2D eigenvalue weighted by Crippen LogP contribution is 2.15. The fourth-order valence-electron chi connectivity index (χ4n) is 3.05. The Hall–Kier alpha value is -3.67. The number of nitrogens with zero attached hydrogens (tertiary/aromatic N) is 4. The normalized spacial score (nSPS) is 10.9. The lowest BCUT2D eigenvalue weighted by Gasteiger charge is -2.13. The van der Waals surface area contributed by atoms with Crippen molar-refractivity contribution in [3.8, 4) is 0 Å². The lowest BCUT2D eigenvalue weighted by molar-refractivity contribution is 0.103. The topological polar surface area (TPSA) is 77.7 Å². The third-order valence-electron chi connectivity index (χ3n) is 4.31. The summed E-state index contributed by atoms with van der Waals surface area (Å²) >= 11 is 0. The molecule has 0 unspecified atom stereocenters. The van der Waals surface area contributed by atoms with Crippen molar-refractivity contribution in [1.29, 1.82) is 0 Å². The van der Waals surface area contributed by atoms with E-state index in [1.807, 2.05) is 41.8 Å². The number of ketones is 1. The molecule has 0 N–H and O–H groups in total. The van der Waals surface area contributed by atoms with Gasteiger partial charge in [-0.15, -0.1) is 0 Å². The van der Waals surface area contributed by atoms with E-state index in [2.05, 4.69) is 15.0 Å². The number of hydrogen-bond acceptors (Lipinski definition) is 5. The Bertz CT molecular complexity index is 1200. The van der Waals surface area contributed by atoms with Crippen LogP contribution in [0.5, 0.6) is 0 Å². The summed E-state index contributed by atoms with van der Waals surface area (Å²) < 4.78 is 1.88. The average molecular weight is 356 g/mol. The predicted molar refractivity (Wildman–Crippen MR) is 102 cm³/mol. The highest BCUT2D eigenvalue weighted by atomic mass is 16.1. The number of aryl methyl sites for hydroxylation is 1. The van der Waals surface area contributed by atoms with E-state index >= 15 is 0 Å². The Morgan fingerprint density at radius 2 is 1.93 bits per heavy atom. The summed E-state index contributed by atoms with van der Waals surface area (Å²) in [4.78, 5) is 38.2. The molecule has 6 heteroatoms. The Morgan fingerprint density at radius 3 is 2.70 bits per heavy atom. The summed E-state index contributed by atoms with van der Waals surface area (Å²) in [5, 5.41) is 0.486. The van der Waals surface area contributed by atoms with Gasteiger partial charge in [-0.25, -0.2) is 4.98 Å². The molecule has 0 saturated carbocycles. The summed E-state index contributed by atoms with van der Waals surface area (Å²) in [7, 11) is 0. The lowest BCUT2D eigenvalue weighted by atomic mass is 10.1. The molecule has 1 aromatic carbocycles. The van der Waals surface area contributed by atoms with E-state index in [1.54, 1.807) is 18.3 Å². The van der Waals surface area contributed by atoms with Crippen LogP contribution in [0.15, 0.2) is 72.0 Å². The Kier molecular flexibility index (Phi) is 4.30. The number of para-hydroxylation sites is 1. The van der Waals surface area contributed by atoms with Gasteiger partial charge in [0.1, 0.15) is 5.69 Å². The molecule has 3 aromatic heterocycles. The van der Waals surface area contributed by atoms with Crippen molar-refractivity contribution in [2.45, 2.75) is 13.5 Å². The van der Waals surface area contributed by atoms with Crippen molar-refractivity contribution in [2.24, 2.45) is 0 Å². The van der Waals surface area contributed by atoms with E-state index in [-0.39, 0.29) is 16.7 Å². The number of benzene rings is 1. The second-order valence-electron chi connectivity index (χ2n) is 6.21. The minimum atomic E-state index is -0.440. The fraction of sp³-hybridized carbons (Fsp3) is 0.0952. The standard InChI is InChI=1S/C21H16N4O2/c1-14-5-4-6-15(24-14)12-25-13-17(21(27)18-11-22-9-10-23-18)20(26)16-7-2-3-8-19(16)25/h2-11,13H,12H2,1H3. The zero-order valence-corrected chi connectivity index (χ0v) is 14.7. The summed E-state index contributed by atoms with van der Waals surface area (Å²) in [6, 6.07) is 13.0. The fourth-order valence-corrected chi connectivity index (χ4v) is 3.05. The molecule has 0 spiro atoms. The van der Waals surface area contributed by atoms with E-state index < -0.39 is 5.78 Å². The first-order chi connectivity index (χ1) is 13.1. The summed E-state index contributed by atoms with van der Waals surface area (Å²) in [6.45, 7) is 2.37. The molecule has 0 aliphatic carbocycles. The number of pyridine rings is 2. The van der Waals surface area contributed by atoms with Crippen molar-refractivity contribution in [1.82, 2.24) is 19.5 Å². The maximum Gasteiger partial charge on any atom is 0.218 e. The Morgan fingerprint density at radius 1 is 1.07 bits per heavy atom. The maximum atomic E-state index is 12.9. The molecule has 0 fully saturated rings. The third kappa shape index (κ3) is 3.25. The lowest BCUT2D eigenvalue weighted by Crippen LogP contribution is -2.21. The van der Waals surface area contributed by atoms with E-state index in [0.29, 0.717) is 11.9 Å². The number of carbonyl (C=O) groups is 1. The average Bonchev–Trinajstić information content (AvgIpc) is 2.70. The highest BCUT2D eigenvalue weighted by molar-refractivity contribution is 6.08. The molecule has 4 aromatic rings. The van der Waals surface area contributed by atoms with Crippen LogP contribution in [0.1, 0.15) is 27.4 Å². The second-order valence-corrected chi connectivity index (χ2v) is 6.21. The van der Waals surface area contributed by atoms with Gasteiger partial charge < -0.3 is 4.57 Å². The number of hydrogen-bond donors (Lipinski definition) is 0. The molecular formula is C21H16N4O2. The highest BCUT2D eigenvalue weighted by Gasteiger charge is 2.18. The van der Waals surface area contributed by atoms with Gasteiger partial charge in [-0.05, 0) is 31.2 Å². The largest absolute Gasteiger partial charge is 0.340 e. The first-order valence-electron chi connectivity index (χ1n) is 8.49. The van der Waals surface area contributed by atoms with Crippen molar-refractivity contribution in [3.63, 3.8) is 0 Å². The molecule has 132 valence electrons. The first kappa shape index (κ1) is 16.8. The van der Waals surface area contributed by atoms with Gasteiger partial charge in [-0.1, -0.05) is 18.2 Å². The van der Waals surface area contributed by atoms with Crippen LogP contribution in [0.4, 0.5) is 0 Å². The maximum absolute atomic E-state index is 12.9. The van der Waals surface area contributed by atoms with E-state index in [0.717, 1.165) is 16.9 Å². The van der Waals surface area contributed by atoms with Gasteiger partial charge in [0.2, 0.25) is 11.2 Å². The van der Waals surface area contributed by atoms with Crippen LogP contribution in [0, 0.1) is 6.92 Å². The van der Waals surface area contributed by atoms with Gasteiger partial charge in [-0.2, -0.15) is 0 Å². The summed E-state index contributed by atoms with van der Waals surface area (Å²) in [6.07, 6.45) is 5.87.